The van der Waals surface area contributed by atoms with Crippen molar-refractivity contribution in [2.45, 2.75) is 55.8 Å². The molecule has 1 heterocycles. The van der Waals surface area contributed by atoms with E-state index < -0.39 is 38.5 Å². The van der Waals surface area contributed by atoms with Crippen LogP contribution in [0.25, 0.3) is 0 Å². The van der Waals surface area contributed by atoms with Crippen LogP contribution in [-0.4, -0.2) is 35.0 Å². The minimum Gasteiger partial charge on any atom is -0.317 e. The van der Waals surface area contributed by atoms with Gasteiger partial charge in [0.25, 0.3) is 0 Å². The number of hydrogen-bond donors (Lipinski definition) is 1. The summed E-state index contributed by atoms with van der Waals surface area (Å²) in [6.45, 7) is 1.54. The molecule has 2 aromatic rings. The van der Waals surface area contributed by atoms with Gasteiger partial charge in [-0.05, 0) is 56.9 Å². The quantitative estimate of drug-likeness (QED) is 0.546. The number of nitrogens with zero attached hydrogens (tertiary/aromatic N) is 3. The lowest BCUT2D eigenvalue weighted by Gasteiger charge is -2.30. The molecule has 0 unspecified atom stereocenters. The highest BCUT2D eigenvalue weighted by Crippen LogP contribution is 2.33. The zero-order chi connectivity index (χ0) is 21.9. The molecular formula is C19H21F3N4O3S. The van der Waals surface area contributed by atoms with Crippen molar-refractivity contribution in [2.24, 2.45) is 0 Å². The first-order valence-electron chi connectivity index (χ1n) is 9.36. The lowest BCUT2D eigenvalue weighted by molar-refractivity contribution is -0.137. The summed E-state index contributed by atoms with van der Waals surface area (Å²) in [7, 11) is -4.27. The number of allylic oxidation sites excluding steroid dienone is 2. The molecule has 1 aliphatic rings. The first-order chi connectivity index (χ1) is 14.1. The number of alkyl halides is 3. The van der Waals surface area contributed by atoms with E-state index in [2.05, 4.69) is 14.9 Å². The summed E-state index contributed by atoms with van der Waals surface area (Å²) >= 11 is 0. The van der Waals surface area contributed by atoms with Crippen molar-refractivity contribution in [3.8, 4) is 0 Å². The SMILES string of the molecule is C/C=C/C(=O)c1cc(C(F)(F)F)cc(S(=O)(=O)N[C@H]2CCC[C@@H](n3cnnc3)C2)c1. The monoisotopic (exact) mass is 442 g/mol. The van der Waals surface area contributed by atoms with Crippen LogP contribution in [0.5, 0.6) is 0 Å². The Labute approximate surface area is 172 Å². The van der Waals surface area contributed by atoms with Gasteiger partial charge in [0.1, 0.15) is 12.7 Å². The van der Waals surface area contributed by atoms with E-state index in [0.29, 0.717) is 25.0 Å². The van der Waals surface area contributed by atoms with Gasteiger partial charge >= 0.3 is 6.18 Å². The second-order valence-corrected chi connectivity index (χ2v) is 8.87. The van der Waals surface area contributed by atoms with Crippen LogP contribution in [0.4, 0.5) is 13.2 Å². The molecule has 11 heteroatoms. The Morgan fingerprint density at radius 3 is 2.53 bits per heavy atom. The number of aromatic nitrogens is 3. The van der Waals surface area contributed by atoms with Crippen molar-refractivity contribution < 1.29 is 26.4 Å². The lowest BCUT2D eigenvalue weighted by atomic mass is 9.91. The van der Waals surface area contributed by atoms with Gasteiger partial charge in [-0.2, -0.15) is 13.2 Å². The molecular weight excluding hydrogens is 421 g/mol. The van der Waals surface area contributed by atoms with Crippen molar-refractivity contribution in [3.63, 3.8) is 0 Å². The molecule has 1 fully saturated rings. The standard InChI is InChI=1S/C19H21F3N4O3S/c1-2-4-18(27)13-7-14(19(20,21)22)9-17(8-13)30(28,29)25-15-5-3-6-16(10-15)26-11-23-24-12-26/h2,4,7-9,11-12,15-16,25H,3,5-6,10H2,1H3/b4-2+/t15-,16+/m0/s1. The third-order valence-corrected chi connectivity index (χ3v) is 6.47. The summed E-state index contributed by atoms with van der Waals surface area (Å²) < 4.78 is 69.9. The zero-order valence-electron chi connectivity index (χ0n) is 16.1. The van der Waals surface area contributed by atoms with Gasteiger partial charge in [0.15, 0.2) is 5.78 Å². The molecule has 7 nitrogen and oxygen atoms in total. The molecule has 1 N–H and O–H groups in total. The highest BCUT2D eigenvalue weighted by atomic mass is 32.2. The fourth-order valence-electron chi connectivity index (χ4n) is 3.53. The van der Waals surface area contributed by atoms with E-state index in [0.717, 1.165) is 25.0 Å². The molecule has 162 valence electrons. The Bertz CT molecular complexity index is 1030. The van der Waals surface area contributed by atoms with Crippen LogP contribution in [0, 0.1) is 0 Å². The summed E-state index contributed by atoms with van der Waals surface area (Å²) in [4.78, 5) is 11.5. The molecule has 1 aromatic heterocycles. The van der Waals surface area contributed by atoms with Crippen LogP contribution in [0.15, 0.2) is 47.9 Å². The highest BCUT2D eigenvalue weighted by Gasteiger charge is 2.34. The van der Waals surface area contributed by atoms with Crippen LogP contribution >= 0.6 is 0 Å². The largest absolute Gasteiger partial charge is 0.416 e. The number of hydrogen-bond acceptors (Lipinski definition) is 5. The Morgan fingerprint density at radius 1 is 1.20 bits per heavy atom. The van der Waals surface area contributed by atoms with E-state index in [1.807, 2.05) is 0 Å². The molecule has 1 aliphatic carbocycles. The number of carbonyl (C=O) groups excluding carboxylic acids is 1. The fourth-order valence-corrected chi connectivity index (χ4v) is 4.89. The summed E-state index contributed by atoms with van der Waals surface area (Å²) in [5.41, 5.74) is -1.53. The molecule has 3 rings (SSSR count). The van der Waals surface area contributed by atoms with Gasteiger partial charge in [-0.1, -0.05) is 6.08 Å². The lowest BCUT2D eigenvalue weighted by Crippen LogP contribution is -2.38. The van der Waals surface area contributed by atoms with E-state index in [4.69, 9.17) is 0 Å². The minimum atomic E-state index is -4.79. The number of halogens is 3. The summed E-state index contributed by atoms with van der Waals surface area (Å²) in [6.07, 6.45) is 3.35. The number of ketones is 1. The molecule has 1 aromatic carbocycles. The predicted octanol–water partition coefficient (Wildman–Crippen LogP) is 3.52. The average Bonchev–Trinajstić information content (AvgIpc) is 3.22. The third kappa shape index (κ3) is 5.14. The maximum atomic E-state index is 13.3. The van der Waals surface area contributed by atoms with Crippen molar-refractivity contribution in [3.05, 3.63) is 54.1 Å². The summed E-state index contributed by atoms with van der Waals surface area (Å²) in [6, 6.07) is 1.72. The maximum absolute atomic E-state index is 13.3. The molecule has 2 atom stereocenters. The van der Waals surface area contributed by atoms with Gasteiger partial charge in [-0.15, -0.1) is 10.2 Å². The van der Waals surface area contributed by atoms with Crippen LogP contribution in [0.2, 0.25) is 0 Å². The van der Waals surface area contributed by atoms with E-state index in [9.17, 15) is 26.4 Å². The van der Waals surface area contributed by atoms with Crippen molar-refractivity contribution in [1.82, 2.24) is 19.5 Å². The number of sulfonamides is 1. The minimum absolute atomic E-state index is 0.00482. The van der Waals surface area contributed by atoms with E-state index in [1.54, 1.807) is 24.1 Å². The Morgan fingerprint density at radius 2 is 1.90 bits per heavy atom. The molecule has 0 spiro atoms. The Balaban J connectivity index is 1.89. The van der Waals surface area contributed by atoms with Crippen LogP contribution < -0.4 is 4.72 Å². The normalized spacial score (nSPS) is 20.5. The first kappa shape index (κ1) is 22.2. The molecule has 0 amide bonds. The van der Waals surface area contributed by atoms with Gasteiger partial charge < -0.3 is 4.57 Å². The Kier molecular flexibility index (Phi) is 6.41. The summed E-state index contributed by atoms with van der Waals surface area (Å²) in [5.74, 6) is -0.703. The molecule has 0 bridgehead atoms. The number of carbonyl (C=O) groups is 1. The second-order valence-electron chi connectivity index (χ2n) is 7.16. The number of nitrogens with one attached hydrogen (secondary N) is 1. The second kappa shape index (κ2) is 8.68. The molecule has 0 aliphatic heterocycles. The average molecular weight is 442 g/mol. The number of rotatable bonds is 6. The fraction of sp³-hybridized carbons (Fsp3) is 0.421. The smallest absolute Gasteiger partial charge is 0.317 e. The van der Waals surface area contributed by atoms with Crippen LogP contribution in [0.1, 0.15) is 54.6 Å². The third-order valence-electron chi connectivity index (χ3n) is 4.97. The molecule has 0 radical (unpaired) electrons. The van der Waals surface area contributed by atoms with Crippen molar-refractivity contribution >= 4 is 15.8 Å². The van der Waals surface area contributed by atoms with Gasteiger partial charge in [0.2, 0.25) is 10.0 Å². The van der Waals surface area contributed by atoms with Gasteiger partial charge in [-0.3, -0.25) is 4.79 Å². The predicted molar refractivity (Wildman–Crippen MR) is 102 cm³/mol. The van der Waals surface area contributed by atoms with Gasteiger partial charge in [0.05, 0.1) is 10.5 Å². The topological polar surface area (TPSA) is 94.0 Å². The van der Waals surface area contributed by atoms with Gasteiger partial charge in [0, 0.05) is 17.6 Å². The Hall–Kier alpha value is -2.53. The van der Waals surface area contributed by atoms with Crippen molar-refractivity contribution in [2.75, 3.05) is 0 Å². The first-order valence-corrected chi connectivity index (χ1v) is 10.8. The van der Waals surface area contributed by atoms with Crippen molar-refractivity contribution in [1.29, 1.82) is 0 Å². The van der Waals surface area contributed by atoms with Crippen LogP contribution in [-0.2, 0) is 16.2 Å². The van der Waals surface area contributed by atoms with Crippen LogP contribution in [0.3, 0.4) is 0 Å². The highest BCUT2D eigenvalue weighted by molar-refractivity contribution is 7.89. The zero-order valence-corrected chi connectivity index (χ0v) is 16.9. The number of benzene rings is 1. The maximum Gasteiger partial charge on any atom is 0.416 e. The summed E-state index contributed by atoms with van der Waals surface area (Å²) in [5, 5.41) is 7.50. The van der Waals surface area contributed by atoms with E-state index in [1.165, 1.54) is 6.08 Å². The molecule has 30 heavy (non-hydrogen) atoms. The van der Waals surface area contributed by atoms with E-state index in [-0.39, 0.29) is 11.6 Å². The van der Waals surface area contributed by atoms with Gasteiger partial charge in [-0.25, -0.2) is 13.1 Å². The molecule has 0 saturated heterocycles. The molecule has 1 saturated carbocycles. The van der Waals surface area contributed by atoms with E-state index >= 15 is 0 Å².